The normalized spacial score (nSPS) is 14.6. The van der Waals surface area contributed by atoms with Crippen molar-refractivity contribution in [3.05, 3.63) is 23.8 Å². The maximum absolute atomic E-state index is 5.68. The highest BCUT2D eigenvalue weighted by molar-refractivity contribution is 7.99. The van der Waals surface area contributed by atoms with E-state index in [9.17, 15) is 0 Å². The van der Waals surface area contributed by atoms with Crippen LogP contribution in [-0.2, 0) is 6.42 Å². The van der Waals surface area contributed by atoms with Gasteiger partial charge in [0.25, 0.3) is 0 Å². The molecule has 1 aliphatic heterocycles. The number of fused-ring (bicyclic) bond motifs is 1. The third kappa shape index (κ3) is 2.37. The Balaban J connectivity index is 2.12. The van der Waals surface area contributed by atoms with Gasteiger partial charge in [-0.25, -0.2) is 0 Å². The smallest absolute Gasteiger partial charge is 0.0478 e. The fraction of sp³-hybridized carbons (Fsp3) is 0.455. The van der Waals surface area contributed by atoms with Gasteiger partial charge in [-0.2, -0.15) is 0 Å². The lowest BCUT2D eigenvalue weighted by Gasteiger charge is -2.18. The number of hydrogen-bond acceptors (Lipinski definition) is 2. The maximum Gasteiger partial charge on any atom is 0.0478 e. The Labute approximate surface area is 94.2 Å². The van der Waals surface area contributed by atoms with Crippen LogP contribution in [0.25, 0.3) is 0 Å². The summed E-state index contributed by atoms with van der Waals surface area (Å²) in [5.41, 5.74) is 2.69. The molecular weight excluding hydrogens is 214 g/mol. The number of anilines is 1. The first-order valence-electron chi connectivity index (χ1n) is 4.96. The van der Waals surface area contributed by atoms with E-state index in [4.69, 9.17) is 11.6 Å². The molecule has 76 valence electrons. The lowest BCUT2D eigenvalue weighted by molar-refractivity contribution is 0.924. The van der Waals surface area contributed by atoms with Crippen LogP contribution >= 0.6 is 23.4 Å². The van der Waals surface area contributed by atoms with Crippen molar-refractivity contribution < 1.29 is 0 Å². The first kappa shape index (κ1) is 10.2. The zero-order chi connectivity index (χ0) is 9.80. The van der Waals surface area contributed by atoms with Crippen molar-refractivity contribution in [2.24, 2.45) is 0 Å². The van der Waals surface area contributed by atoms with Gasteiger partial charge in [0.1, 0.15) is 0 Å². The summed E-state index contributed by atoms with van der Waals surface area (Å²) in [5.74, 6) is 1.93. The van der Waals surface area contributed by atoms with Crippen LogP contribution in [0.3, 0.4) is 0 Å². The number of benzene rings is 1. The number of hydrogen-bond donors (Lipinski definition) is 1. The van der Waals surface area contributed by atoms with Gasteiger partial charge < -0.3 is 5.32 Å². The van der Waals surface area contributed by atoms with Gasteiger partial charge in [-0.1, -0.05) is 6.07 Å². The van der Waals surface area contributed by atoms with E-state index in [-0.39, 0.29) is 0 Å². The molecule has 1 heterocycles. The molecule has 1 aromatic rings. The minimum atomic E-state index is 0.752. The molecular formula is C11H14ClNS. The first-order valence-corrected chi connectivity index (χ1v) is 6.48. The van der Waals surface area contributed by atoms with E-state index < -0.39 is 0 Å². The molecule has 0 spiro atoms. The Morgan fingerprint density at radius 1 is 1.43 bits per heavy atom. The van der Waals surface area contributed by atoms with Crippen LogP contribution in [0.5, 0.6) is 0 Å². The van der Waals surface area contributed by atoms with E-state index in [2.05, 4.69) is 23.5 Å². The topological polar surface area (TPSA) is 12.0 Å². The molecule has 2 rings (SSSR count). The van der Waals surface area contributed by atoms with E-state index in [1.165, 1.54) is 21.9 Å². The van der Waals surface area contributed by atoms with Gasteiger partial charge in [0.2, 0.25) is 0 Å². The quantitative estimate of drug-likeness (QED) is 0.795. The molecule has 1 nitrogen and oxygen atoms in total. The zero-order valence-corrected chi connectivity index (χ0v) is 9.63. The van der Waals surface area contributed by atoms with E-state index in [1.54, 1.807) is 0 Å². The van der Waals surface area contributed by atoms with Crippen LogP contribution in [0.1, 0.15) is 12.0 Å². The fourth-order valence-corrected chi connectivity index (χ4v) is 2.69. The summed E-state index contributed by atoms with van der Waals surface area (Å²) >= 11 is 7.62. The molecule has 1 N–H and O–H groups in total. The highest BCUT2D eigenvalue weighted by atomic mass is 35.5. The monoisotopic (exact) mass is 227 g/mol. The third-order valence-corrected chi connectivity index (χ3v) is 3.64. The fourth-order valence-electron chi connectivity index (χ4n) is 1.61. The summed E-state index contributed by atoms with van der Waals surface area (Å²) in [5, 5.41) is 3.40. The number of rotatable bonds is 3. The number of aryl methyl sites for hydroxylation is 1. The van der Waals surface area contributed by atoms with Gasteiger partial charge in [0.15, 0.2) is 0 Å². The van der Waals surface area contributed by atoms with Gasteiger partial charge in [-0.05, 0) is 30.5 Å². The molecule has 0 fully saturated rings. The second-order valence-electron chi connectivity index (χ2n) is 3.40. The van der Waals surface area contributed by atoms with Gasteiger partial charge >= 0.3 is 0 Å². The molecule has 0 amide bonds. The molecule has 0 unspecified atom stereocenters. The summed E-state index contributed by atoms with van der Waals surface area (Å²) in [6.45, 7) is 1.08. The highest BCUT2D eigenvalue weighted by Gasteiger charge is 2.08. The van der Waals surface area contributed by atoms with Gasteiger partial charge in [-0.15, -0.1) is 23.4 Å². The van der Waals surface area contributed by atoms with Gasteiger partial charge in [-0.3, -0.25) is 0 Å². The van der Waals surface area contributed by atoms with Crippen LogP contribution in [0.4, 0.5) is 5.69 Å². The van der Waals surface area contributed by atoms with Crippen LogP contribution in [-0.4, -0.2) is 18.2 Å². The van der Waals surface area contributed by atoms with Crippen molar-refractivity contribution in [3.8, 4) is 0 Å². The summed E-state index contributed by atoms with van der Waals surface area (Å²) in [7, 11) is 0. The molecule has 0 saturated heterocycles. The molecule has 0 atom stereocenters. The molecule has 1 aromatic carbocycles. The Morgan fingerprint density at radius 3 is 3.21 bits per heavy atom. The summed E-state index contributed by atoms with van der Waals surface area (Å²) in [6, 6.07) is 6.67. The van der Waals surface area contributed by atoms with E-state index in [1.807, 2.05) is 11.8 Å². The molecule has 0 bridgehead atoms. The van der Waals surface area contributed by atoms with Crippen LogP contribution in [0, 0.1) is 0 Å². The minimum absolute atomic E-state index is 0.752. The van der Waals surface area contributed by atoms with Crippen LogP contribution < -0.4 is 5.32 Å². The highest BCUT2D eigenvalue weighted by Crippen LogP contribution is 2.31. The molecule has 14 heavy (non-hydrogen) atoms. The van der Waals surface area contributed by atoms with Gasteiger partial charge in [0, 0.05) is 28.8 Å². The number of halogens is 1. The average molecular weight is 228 g/mol. The van der Waals surface area contributed by atoms with Crippen molar-refractivity contribution in [1.29, 1.82) is 0 Å². The Morgan fingerprint density at radius 2 is 2.36 bits per heavy atom. The number of alkyl halides is 1. The number of thioether (sulfide) groups is 1. The molecule has 0 aliphatic carbocycles. The first-order chi connectivity index (χ1) is 6.90. The lowest BCUT2D eigenvalue weighted by Crippen LogP contribution is -2.10. The second-order valence-corrected chi connectivity index (χ2v) is 4.91. The Kier molecular flexibility index (Phi) is 3.60. The van der Waals surface area contributed by atoms with Gasteiger partial charge in [0.05, 0.1) is 0 Å². The predicted octanol–water partition coefficient (Wildman–Crippen LogP) is 3.38. The standard InChI is InChI=1S/C11H14ClNS/c12-5-1-2-9-3-4-10-11(8-9)14-7-6-13-10/h3-4,8,13H,1-2,5-7H2. The van der Waals surface area contributed by atoms with E-state index in [0.29, 0.717) is 0 Å². The Hall–Kier alpha value is -0.340. The van der Waals surface area contributed by atoms with Crippen molar-refractivity contribution >= 4 is 29.1 Å². The molecule has 1 aliphatic rings. The molecule has 0 saturated carbocycles. The largest absolute Gasteiger partial charge is 0.383 e. The van der Waals surface area contributed by atoms with E-state index >= 15 is 0 Å². The van der Waals surface area contributed by atoms with Crippen molar-refractivity contribution in [2.45, 2.75) is 17.7 Å². The molecule has 0 radical (unpaired) electrons. The molecule has 3 heteroatoms. The van der Waals surface area contributed by atoms with Crippen molar-refractivity contribution in [1.82, 2.24) is 0 Å². The predicted molar refractivity (Wildman–Crippen MR) is 64.7 cm³/mol. The van der Waals surface area contributed by atoms with Crippen molar-refractivity contribution in [3.63, 3.8) is 0 Å². The Bertz CT molecular complexity index is 314. The average Bonchev–Trinajstić information content (AvgIpc) is 2.26. The maximum atomic E-state index is 5.68. The number of nitrogens with one attached hydrogen (secondary N) is 1. The summed E-state index contributed by atoms with van der Waals surface area (Å²) in [4.78, 5) is 1.39. The third-order valence-electron chi connectivity index (χ3n) is 2.32. The minimum Gasteiger partial charge on any atom is -0.383 e. The van der Waals surface area contributed by atoms with Crippen molar-refractivity contribution in [2.75, 3.05) is 23.5 Å². The van der Waals surface area contributed by atoms with Crippen LogP contribution in [0.2, 0.25) is 0 Å². The molecule has 0 aromatic heterocycles. The van der Waals surface area contributed by atoms with Crippen LogP contribution in [0.15, 0.2) is 23.1 Å². The van der Waals surface area contributed by atoms with E-state index in [0.717, 1.165) is 25.3 Å². The SMILES string of the molecule is ClCCCc1ccc2c(c1)SCCN2. The zero-order valence-electron chi connectivity index (χ0n) is 8.05. The summed E-state index contributed by atoms with van der Waals surface area (Å²) < 4.78 is 0. The lowest BCUT2D eigenvalue weighted by atomic mass is 10.1. The summed E-state index contributed by atoms with van der Waals surface area (Å²) in [6.07, 6.45) is 2.16. The second kappa shape index (κ2) is 4.94.